The number of ether oxygens (including phenoxy) is 10. The largest absolute Gasteiger partial charge is 0.490 e. The number of benzene rings is 3. The molecule has 3 aromatic rings. The number of esters is 6. The maximum atomic E-state index is 13.0. The van der Waals surface area contributed by atoms with Crippen LogP contribution in [0.5, 0.6) is 23.0 Å². The lowest BCUT2D eigenvalue weighted by atomic mass is 10.2. The highest BCUT2D eigenvalue weighted by Crippen LogP contribution is 2.26. The smallest absolute Gasteiger partial charge is 0.343 e. The molecule has 0 radical (unpaired) electrons. The van der Waals surface area contributed by atoms with Gasteiger partial charge >= 0.3 is 35.8 Å². The lowest BCUT2D eigenvalue weighted by molar-refractivity contribution is -0.148. The molecule has 0 saturated carbocycles. The van der Waals surface area contributed by atoms with Gasteiger partial charge in [0.1, 0.15) is 36.2 Å². The quantitative estimate of drug-likeness (QED) is 0.0233. The van der Waals surface area contributed by atoms with E-state index in [1.165, 1.54) is 36.4 Å². The molecule has 3 aromatic carbocycles. The van der Waals surface area contributed by atoms with Crippen molar-refractivity contribution in [3.63, 3.8) is 0 Å². The van der Waals surface area contributed by atoms with Crippen molar-refractivity contribution in [1.29, 1.82) is 0 Å². The summed E-state index contributed by atoms with van der Waals surface area (Å²) in [5, 5.41) is 0. The Balaban J connectivity index is 1.45. The topological polar surface area (TPSA) is 195 Å². The van der Waals surface area contributed by atoms with Crippen molar-refractivity contribution < 1.29 is 76.1 Å². The van der Waals surface area contributed by atoms with Crippen LogP contribution >= 0.6 is 0 Å². The van der Waals surface area contributed by atoms with Crippen LogP contribution in [0, 0.1) is 6.92 Å². The molecule has 0 N–H and O–H groups in total. The van der Waals surface area contributed by atoms with Crippen LogP contribution in [0.2, 0.25) is 0 Å². The number of unbranched alkanes of at least 4 members (excludes halogenated alkanes) is 2. The number of carbonyl (C=O) groups is 6. The van der Waals surface area contributed by atoms with E-state index >= 15 is 0 Å². The summed E-state index contributed by atoms with van der Waals surface area (Å²) < 4.78 is 54.4. The van der Waals surface area contributed by atoms with Gasteiger partial charge in [-0.15, -0.1) is 0 Å². The fraction of sp³-hybridized carbons (Fsp3) is 0.319. The second-order valence-electron chi connectivity index (χ2n) is 13.2. The van der Waals surface area contributed by atoms with Crippen LogP contribution < -0.4 is 18.9 Å². The molecule has 0 aliphatic carbocycles. The second kappa shape index (κ2) is 28.5. The van der Waals surface area contributed by atoms with E-state index in [1.807, 2.05) is 0 Å². The van der Waals surface area contributed by atoms with Crippen LogP contribution in [0.4, 0.5) is 0 Å². The van der Waals surface area contributed by atoms with Gasteiger partial charge in [0, 0.05) is 37.5 Å². The van der Waals surface area contributed by atoms with Gasteiger partial charge in [-0.2, -0.15) is 0 Å². The molecular formula is C47H52O16. The molecule has 2 atom stereocenters. The van der Waals surface area contributed by atoms with Crippen molar-refractivity contribution in [1.82, 2.24) is 0 Å². The van der Waals surface area contributed by atoms with Crippen LogP contribution in [0.3, 0.4) is 0 Å². The first-order valence-corrected chi connectivity index (χ1v) is 19.8. The van der Waals surface area contributed by atoms with E-state index in [4.69, 9.17) is 47.4 Å². The summed E-state index contributed by atoms with van der Waals surface area (Å²) in [7, 11) is 0. The predicted molar refractivity (Wildman–Crippen MR) is 228 cm³/mol. The fourth-order valence-electron chi connectivity index (χ4n) is 5.04. The highest BCUT2D eigenvalue weighted by atomic mass is 16.6. The standard InChI is InChI=1S/C47H52O16/c1-6-42(48)56-26-12-10-24-54-29-39(60-44(50)8-3)31-58-36-18-14-34(15-19-36)46(52)62-38-22-23-41(33(5)28-38)63-47(53)35-16-20-37(21-17-35)59-32-40(61-45(51)9-4)30-55-25-11-13-27-57-43(49)7-2/h6-9,14-23,28,39-40H,1-4,10-13,24-27,29-32H2,5H3. The minimum Gasteiger partial charge on any atom is -0.490 e. The summed E-state index contributed by atoms with van der Waals surface area (Å²) in [4.78, 5) is 71.8. The Morgan fingerprint density at radius 1 is 0.492 bits per heavy atom. The van der Waals surface area contributed by atoms with Crippen molar-refractivity contribution >= 4 is 35.8 Å². The molecule has 0 heterocycles. The summed E-state index contributed by atoms with van der Waals surface area (Å²) in [6.45, 7) is 16.4. The number of aryl methyl sites for hydroxylation is 1. The average molecular weight is 873 g/mol. The molecule has 0 bridgehead atoms. The van der Waals surface area contributed by atoms with Crippen molar-refractivity contribution in [3.05, 3.63) is 134 Å². The maximum absolute atomic E-state index is 13.0. The Labute approximate surface area is 365 Å². The fourth-order valence-corrected chi connectivity index (χ4v) is 5.04. The molecule has 0 aliphatic heterocycles. The van der Waals surface area contributed by atoms with Gasteiger partial charge in [0.25, 0.3) is 0 Å². The summed E-state index contributed by atoms with van der Waals surface area (Å²) in [5.74, 6) is -2.28. The third-order valence-corrected chi connectivity index (χ3v) is 8.31. The molecule has 63 heavy (non-hydrogen) atoms. The number of hydrogen-bond donors (Lipinski definition) is 0. The van der Waals surface area contributed by atoms with Crippen molar-refractivity contribution in [2.45, 2.75) is 44.8 Å². The van der Waals surface area contributed by atoms with Gasteiger partial charge in [0.05, 0.1) is 37.6 Å². The van der Waals surface area contributed by atoms with Crippen LogP contribution in [0.25, 0.3) is 0 Å². The zero-order valence-corrected chi connectivity index (χ0v) is 35.2. The van der Waals surface area contributed by atoms with Gasteiger partial charge in [-0.05, 0) is 105 Å². The Hall–Kier alpha value is -7.04. The van der Waals surface area contributed by atoms with Gasteiger partial charge in [-0.3, -0.25) is 0 Å². The number of rotatable bonds is 30. The third-order valence-electron chi connectivity index (χ3n) is 8.31. The molecule has 3 rings (SSSR count). The second-order valence-corrected chi connectivity index (χ2v) is 13.2. The molecule has 0 fully saturated rings. The Morgan fingerprint density at radius 3 is 1.30 bits per heavy atom. The normalized spacial score (nSPS) is 11.4. The van der Waals surface area contributed by atoms with Crippen LogP contribution in [-0.2, 0) is 47.6 Å². The van der Waals surface area contributed by atoms with E-state index < -0.39 is 48.0 Å². The summed E-state index contributed by atoms with van der Waals surface area (Å²) >= 11 is 0. The summed E-state index contributed by atoms with van der Waals surface area (Å²) in [5.41, 5.74) is 1.000. The van der Waals surface area contributed by atoms with Crippen molar-refractivity contribution in [2.75, 3.05) is 52.9 Å². The van der Waals surface area contributed by atoms with E-state index in [0.29, 0.717) is 56.0 Å². The van der Waals surface area contributed by atoms with E-state index in [0.717, 1.165) is 24.3 Å². The van der Waals surface area contributed by atoms with Crippen LogP contribution in [0.15, 0.2) is 117 Å². The van der Waals surface area contributed by atoms with Gasteiger partial charge in [-0.1, -0.05) is 26.3 Å². The Bertz CT molecular complexity index is 2000. The van der Waals surface area contributed by atoms with Crippen LogP contribution in [-0.4, -0.2) is 101 Å². The molecule has 16 heteroatoms. The zero-order valence-electron chi connectivity index (χ0n) is 35.2. The zero-order chi connectivity index (χ0) is 45.8. The first-order valence-electron chi connectivity index (χ1n) is 19.8. The van der Waals surface area contributed by atoms with Crippen LogP contribution in [0.1, 0.15) is 52.0 Å². The molecule has 16 nitrogen and oxygen atoms in total. The minimum absolute atomic E-state index is 0.0354. The van der Waals surface area contributed by atoms with Crippen molar-refractivity contribution in [3.8, 4) is 23.0 Å². The molecular weight excluding hydrogens is 821 g/mol. The minimum atomic E-state index is -0.745. The first-order chi connectivity index (χ1) is 30.4. The maximum Gasteiger partial charge on any atom is 0.343 e. The monoisotopic (exact) mass is 872 g/mol. The molecule has 0 amide bonds. The van der Waals surface area contributed by atoms with E-state index in [2.05, 4.69) is 26.3 Å². The molecule has 2 unspecified atom stereocenters. The predicted octanol–water partition coefficient (Wildman–Crippen LogP) is 6.44. The van der Waals surface area contributed by atoms with Gasteiger partial charge in [0.15, 0.2) is 12.2 Å². The summed E-state index contributed by atoms with van der Waals surface area (Å²) in [6.07, 6.45) is 5.15. The lowest BCUT2D eigenvalue weighted by Crippen LogP contribution is -2.29. The Morgan fingerprint density at radius 2 is 0.889 bits per heavy atom. The molecule has 0 saturated heterocycles. The SMILES string of the molecule is C=CC(=O)OCCCCOCC(COc1ccc(C(=O)Oc2ccc(OC(=O)c3ccc(OCC(COCCCCOC(=O)C=C)OC(=O)C=C)cc3)c(C)c2)cc1)OC(=O)C=C. The highest BCUT2D eigenvalue weighted by Gasteiger charge is 2.18. The summed E-state index contributed by atoms with van der Waals surface area (Å²) in [6, 6.07) is 16.9. The number of carbonyl (C=O) groups excluding carboxylic acids is 6. The van der Waals surface area contributed by atoms with E-state index in [9.17, 15) is 28.8 Å². The highest BCUT2D eigenvalue weighted by molar-refractivity contribution is 5.92. The lowest BCUT2D eigenvalue weighted by Gasteiger charge is -2.18. The molecule has 0 aromatic heterocycles. The number of hydrogen-bond acceptors (Lipinski definition) is 16. The third kappa shape index (κ3) is 19.9. The average Bonchev–Trinajstić information content (AvgIpc) is 3.29. The molecule has 0 spiro atoms. The van der Waals surface area contributed by atoms with Gasteiger partial charge in [-0.25, -0.2) is 28.8 Å². The van der Waals surface area contributed by atoms with E-state index in [1.54, 1.807) is 37.3 Å². The molecule has 336 valence electrons. The van der Waals surface area contributed by atoms with E-state index in [-0.39, 0.29) is 62.3 Å². The van der Waals surface area contributed by atoms with Gasteiger partial charge < -0.3 is 47.4 Å². The first kappa shape index (κ1) is 50.3. The van der Waals surface area contributed by atoms with Crippen molar-refractivity contribution in [2.24, 2.45) is 0 Å². The molecule has 0 aliphatic rings. The van der Waals surface area contributed by atoms with Gasteiger partial charge in [0.2, 0.25) is 0 Å². The Kier molecular flexibility index (Phi) is 22.7.